The van der Waals surface area contributed by atoms with Gasteiger partial charge in [-0.05, 0) is 20.8 Å². The lowest BCUT2D eigenvalue weighted by Gasteiger charge is -2.19. The highest BCUT2D eigenvalue weighted by atomic mass is 16.6. The highest BCUT2D eigenvalue weighted by Crippen LogP contribution is 2.02. The number of carbonyl (C=O) groups excluding carboxylic acids is 3. The van der Waals surface area contributed by atoms with E-state index in [-0.39, 0.29) is 56.9 Å². The van der Waals surface area contributed by atoms with Gasteiger partial charge in [-0.3, -0.25) is 14.5 Å². The van der Waals surface area contributed by atoms with Crippen LogP contribution in [0.2, 0.25) is 0 Å². The van der Waals surface area contributed by atoms with E-state index in [0.717, 1.165) is 5.57 Å². The van der Waals surface area contributed by atoms with Gasteiger partial charge in [-0.15, -0.1) is 6.42 Å². The first-order chi connectivity index (χ1) is 14.2. The molecule has 0 fully saturated rings. The number of hydrogen-bond acceptors (Lipinski definition) is 8. The van der Waals surface area contributed by atoms with Gasteiger partial charge in [0.2, 0.25) is 0 Å². The molecule has 0 aromatic rings. The lowest BCUT2D eigenvalue weighted by atomic mass is 10.2. The van der Waals surface area contributed by atoms with E-state index in [0.29, 0.717) is 19.7 Å². The van der Waals surface area contributed by atoms with Gasteiger partial charge in [0.05, 0.1) is 32.1 Å². The van der Waals surface area contributed by atoms with Crippen LogP contribution in [0.1, 0.15) is 33.6 Å². The quantitative estimate of drug-likeness (QED) is 0.0928. The zero-order chi connectivity index (χ0) is 22.9. The van der Waals surface area contributed by atoms with Crippen molar-refractivity contribution >= 4 is 17.9 Å². The molecular weight excluding hydrogens is 390 g/mol. The summed E-state index contributed by atoms with van der Waals surface area (Å²) in [5, 5.41) is 0. The summed E-state index contributed by atoms with van der Waals surface area (Å²) < 4.78 is 20.4. The number of hydrogen-bond donors (Lipinski definition) is 0. The van der Waals surface area contributed by atoms with E-state index in [2.05, 4.69) is 19.1 Å². The van der Waals surface area contributed by atoms with Crippen molar-refractivity contribution in [2.45, 2.75) is 39.7 Å². The topological polar surface area (TPSA) is 91.4 Å². The summed E-state index contributed by atoms with van der Waals surface area (Å²) in [5.74, 6) is 1.14. The summed E-state index contributed by atoms with van der Waals surface area (Å²) in [7, 11) is 0. The first kappa shape index (κ1) is 27.4. The van der Waals surface area contributed by atoms with Gasteiger partial charge in [-0.1, -0.05) is 24.7 Å². The van der Waals surface area contributed by atoms with Crippen LogP contribution in [-0.4, -0.2) is 75.0 Å². The van der Waals surface area contributed by atoms with Crippen molar-refractivity contribution in [3.8, 4) is 12.3 Å². The van der Waals surface area contributed by atoms with E-state index in [9.17, 15) is 14.4 Å². The van der Waals surface area contributed by atoms with Gasteiger partial charge in [0.15, 0.2) is 0 Å². The summed E-state index contributed by atoms with van der Waals surface area (Å²) in [4.78, 5) is 36.6. The Hall–Kier alpha value is -2.63. The molecule has 0 aromatic heterocycles. The molecule has 0 aliphatic heterocycles. The Morgan fingerprint density at radius 1 is 0.933 bits per heavy atom. The summed E-state index contributed by atoms with van der Waals surface area (Å²) in [6.45, 7) is 13.9. The van der Waals surface area contributed by atoms with Crippen LogP contribution in [0.25, 0.3) is 0 Å². The predicted molar refractivity (Wildman–Crippen MR) is 112 cm³/mol. The molecule has 0 saturated carbocycles. The molecule has 168 valence electrons. The molecular formula is C22H33NO7. The molecule has 0 rings (SSSR count). The molecule has 0 heterocycles. The van der Waals surface area contributed by atoms with Gasteiger partial charge in [0.25, 0.3) is 0 Å². The Morgan fingerprint density at radius 3 is 1.90 bits per heavy atom. The molecule has 0 radical (unpaired) electrons. The highest BCUT2D eigenvalue weighted by Gasteiger charge is 2.12. The minimum absolute atomic E-state index is 0.0355. The second-order valence-electron chi connectivity index (χ2n) is 6.70. The molecule has 1 atom stereocenters. The Labute approximate surface area is 179 Å². The molecule has 8 nitrogen and oxygen atoms in total. The van der Waals surface area contributed by atoms with Crippen LogP contribution in [0.3, 0.4) is 0 Å². The average Bonchev–Trinajstić information content (AvgIpc) is 2.69. The number of rotatable bonds is 16. The summed E-state index contributed by atoms with van der Waals surface area (Å²) >= 11 is 0. The van der Waals surface area contributed by atoms with Crippen LogP contribution in [0.5, 0.6) is 0 Å². The van der Waals surface area contributed by atoms with Crippen LogP contribution in [0.15, 0.2) is 24.3 Å². The van der Waals surface area contributed by atoms with Gasteiger partial charge in [0.1, 0.15) is 19.8 Å². The van der Waals surface area contributed by atoms with E-state index in [1.54, 1.807) is 4.90 Å². The molecule has 0 aromatic carbocycles. The maximum atomic E-state index is 11.8. The third-order valence-corrected chi connectivity index (χ3v) is 3.92. The van der Waals surface area contributed by atoms with Crippen LogP contribution >= 0.6 is 0 Å². The smallest absolute Gasteiger partial charge is 0.333 e. The molecule has 0 amide bonds. The fourth-order valence-electron chi connectivity index (χ4n) is 1.98. The van der Waals surface area contributed by atoms with E-state index in [1.807, 2.05) is 13.8 Å². The Morgan fingerprint density at radius 2 is 1.43 bits per heavy atom. The summed E-state index contributed by atoms with van der Waals surface area (Å²) in [6, 6.07) is 0. The lowest BCUT2D eigenvalue weighted by Crippen LogP contribution is -2.30. The number of terminal acetylenes is 1. The first-order valence-electron chi connectivity index (χ1n) is 9.74. The number of ether oxygens (including phenoxy) is 4. The van der Waals surface area contributed by atoms with Crippen molar-refractivity contribution in [1.82, 2.24) is 4.90 Å². The largest absolute Gasteiger partial charge is 0.463 e. The van der Waals surface area contributed by atoms with Crippen molar-refractivity contribution in [1.29, 1.82) is 0 Å². The zero-order valence-electron chi connectivity index (χ0n) is 18.2. The summed E-state index contributed by atoms with van der Waals surface area (Å²) in [6.07, 6.45) is 5.49. The van der Waals surface area contributed by atoms with E-state index < -0.39 is 11.9 Å². The summed E-state index contributed by atoms with van der Waals surface area (Å²) in [5.41, 5.74) is 1.18. The molecule has 0 saturated heterocycles. The van der Waals surface area contributed by atoms with Gasteiger partial charge < -0.3 is 18.9 Å². The second-order valence-corrected chi connectivity index (χ2v) is 6.70. The molecule has 8 heteroatoms. The normalized spacial score (nSPS) is 11.3. The van der Waals surface area contributed by atoms with Crippen molar-refractivity contribution in [3.05, 3.63) is 24.3 Å². The lowest BCUT2D eigenvalue weighted by molar-refractivity contribution is -0.150. The van der Waals surface area contributed by atoms with E-state index in [4.69, 9.17) is 25.4 Å². The standard InChI is InChI=1S/C22H33NO7/c1-7-10-23(11-8-20(24)28-14-13-27-19(6)17(2)3)12-9-21(25)29-15-16-30-22(26)18(4)5/h1,19H,2,4,8-16H2,3,5-6H3. The average molecular weight is 424 g/mol. The number of carbonyl (C=O) groups is 3. The predicted octanol–water partition coefficient (Wildman–Crippen LogP) is 1.89. The van der Waals surface area contributed by atoms with Crippen LogP contribution < -0.4 is 0 Å². The van der Waals surface area contributed by atoms with Gasteiger partial charge >= 0.3 is 17.9 Å². The third kappa shape index (κ3) is 14.4. The van der Waals surface area contributed by atoms with E-state index >= 15 is 0 Å². The van der Waals surface area contributed by atoms with Crippen molar-refractivity contribution in [2.75, 3.05) is 46.1 Å². The number of esters is 3. The molecule has 0 bridgehead atoms. The van der Waals surface area contributed by atoms with E-state index in [1.165, 1.54) is 6.92 Å². The Balaban J connectivity index is 4.03. The minimum Gasteiger partial charge on any atom is -0.463 e. The van der Waals surface area contributed by atoms with Crippen LogP contribution in [-0.2, 0) is 33.3 Å². The van der Waals surface area contributed by atoms with Crippen molar-refractivity contribution in [2.24, 2.45) is 0 Å². The zero-order valence-corrected chi connectivity index (χ0v) is 18.2. The minimum atomic E-state index is -0.532. The van der Waals surface area contributed by atoms with Crippen molar-refractivity contribution < 1.29 is 33.3 Å². The second kappa shape index (κ2) is 16.2. The Kier molecular flexibility index (Phi) is 14.8. The first-order valence-corrected chi connectivity index (χ1v) is 9.74. The SMILES string of the molecule is C#CCN(CCC(=O)OCCOC(=O)C(=C)C)CCC(=O)OCCOC(C)C(=C)C. The molecule has 0 aliphatic rings. The van der Waals surface area contributed by atoms with Crippen LogP contribution in [0, 0.1) is 12.3 Å². The van der Waals surface area contributed by atoms with Crippen LogP contribution in [0.4, 0.5) is 0 Å². The van der Waals surface area contributed by atoms with Gasteiger partial charge in [-0.2, -0.15) is 0 Å². The monoisotopic (exact) mass is 423 g/mol. The van der Waals surface area contributed by atoms with Crippen molar-refractivity contribution in [3.63, 3.8) is 0 Å². The molecule has 0 spiro atoms. The highest BCUT2D eigenvalue weighted by molar-refractivity contribution is 5.86. The fraction of sp³-hybridized carbons (Fsp3) is 0.591. The molecule has 0 N–H and O–H groups in total. The van der Waals surface area contributed by atoms with Gasteiger partial charge in [-0.25, -0.2) is 4.79 Å². The maximum Gasteiger partial charge on any atom is 0.333 e. The molecule has 1 unspecified atom stereocenters. The molecule has 0 aliphatic carbocycles. The maximum absolute atomic E-state index is 11.8. The number of nitrogens with zero attached hydrogens (tertiary/aromatic N) is 1. The third-order valence-electron chi connectivity index (χ3n) is 3.92. The fourth-order valence-corrected chi connectivity index (χ4v) is 1.98. The Bertz CT molecular complexity index is 636. The van der Waals surface area contributed by atoms with Gasteiger partial charge in [0, 0.05) is 18.7 Å². The molecule has 30 heavy (non-hydrogen) atoms.